The summed E-state index contributed by atoms with van der Waals surface area (Å²) in [5, 5.41) is 0.510. The summed E-state index contributed by atoms with van der Waals surface area (Å²) in [7, 11) is 0. The van der Waals surface area contributed by atoms with E-state index >= 15 is 0 Å². The molecule has 0 aliphatic rings. The molecule has 1 rings (SSSR count). The second-order valence-electron chi connectivity index (χ2n) is 2.82. The van der Waals surface area contributed by atoms with Gasteiger partial charge in [0.15, 0.2) is 0 Å². The third-order valence-electron chi connectivity index (χ3n) is 2.03. The fourth-order valence-corrected chi connectivity index (χ4v) is 1.39. The maximum Gasteiger partial charge on any atom is 0.0530 e. The van der Waals surface area contributed by atoms with Crippen LogP contribution in [0.15, 0.2) is 18.3 Å². The zero-order valence-corrected chi connectivity index (χ0v) is 8.69. The molecule has 0 spiro atoms. The van der Waals surface area contributed by atoms with Crippen LogP contribution in [0.1, 0.15) is 30.4 Å². The number of hydrogen-bond acceptors (Lipinski definition) is 2. The Labute approximate surface area is 78.6 Å². The Kier molecular flexibility index (Phi) is 3.60. The molecule has 66 valence electrons. The van der Waals surface area contributed by atoms with E-state index in [0.717, 1.165) is 6.42 Å². The number of pyridine rings is 1. The molecule has 2 heteroatoms. The molecule has 0 aliphatic heterocycles. The topological polar surface area (TPSA) is 12.9 Å². The molecule has 0 fully saturated rings. The van der Waals surface area contributed by atoms with Crippen LogP contribution in [0, 0.1) is 0 Å². The van der Waals surface area contributed by atoms with Crippen molar-refractivity contribution in [3.63, 3.8) is 0 Å². The Morgan fingerprint density at radius 2 is 2.25 bits per heavy atom. The first kappa shape index (κ1) is 9.59. The van der Waals surface area contributed by atoms with E-state index in [4.69, 9.17) is 0 Å². The molecule has 0 bridgehead atoms. The first-order valence-electron chi connectivity index (χ1n) is 4.25. The van der Waals surface area contributed by atoms with Crippen molar-refractivity contribution in [1.29, 1.82) is 0 Å². The van der Waals surface area contributed by atoms with Crippen molar-refractivity contribution in [2.75, 3.05) is 6.26 Å². The van der Waals surface area contributed by atoms with Gasteiger partial charge in [-0.3, -0.25) is 4.98 Å². The third-order valence-corrected chi connectivity index (χ3v) is 2.97. The minimum atomic E-state index is 0.510. The van der Waals surface area contributed by atoms with E-state index in [9.17, 15) is 0 Å². The van der Waals surface area contributed by atoms with Gasteiger partial charge in [-0.25, -0.2) is 0 Å². The van der Waals surface area contributed by atoms with Crippen molar-refractivity contribution in [2.45, 2.75) is 25.5 Å². The number of aryl methyl sites for hydroxylation is 1. The molecule has 0 radical (unpaired) electrons. The van der Waals surface area contributed by atoms with E-state index in [1.54, 1.807) is 0 Å². The minimum Gasteiger partial charge on any atom is -0.260 e. The van der Waals surface area contributed by atoms with Crippen molar-refractivity contribution < 1.29 is 0 Å². The van der Waals surface area contributed by atoms with E-state index in [1.807, 2.05) is 18.0 Å². The van der Waals surface area contributed by atoms with Gasteiger partial charge in [0.25, 0.3) is 0 Å². The summed E-state index contributed by atoms with van der Waals surface area (Å²) < 4.78 is 0. The van der Waals surface area contributed by atoms with Crippen LogP contribution < -0.4 is 0 Å². The average molecular weight is 181 g/mol. The highest BCUT2D eigenvalue weighted by Crippen LogP contribution is 2.23. The summed E-state index contributed by atoms with van der Waals surface area (Å²) in [4.78, 5) is 4.40. The molecule has 1 unspecified atom stereocenters. The highest BCUT2D eigenvalue weighted by atomic mass is 32.2. The maximum atomic E-state index is 4.40. The standard InChI is InChI=1S/C10H15NS/c1-4-9-5-6-10(11-7-9)8(2)12-3/h5-8H,4H2,1-3H3. The third kappa shape index (κ3) is 2.24. The number of rotatable bonds is 3. The summed E-state index contributed by atoms with van der Waals surface area (Å²) in [6.45, 7) is 4.33. The van der Waals surface area contributed by atoms with Gasteiger partial charge in [0, 0.05) is 11.4 Å². The van der Waals surface area contributed by atoms with Gasteiger partial charge in [0.2, 0.25) is 0 Å². The second-order valence-corrected chi connectivity index (χ2v) is 4.00. The Morgan fingerprint density at radius 3 is 2.67 bits per heavy atom. The lowest BCUT2D eigenvalue weighted by molar-refractivity contribution is 0.986. The van der Waals surface area contributed by atoms with Gasteiger partial charge >= 0.3 is 0 Å². The SMILES string of the molecule is CCc1ccc(C(C)SC)nc1. The van der Waals surface area contributed by atoms with E-state index in [2.05, 4.69) is 37.2 Å². The first-order valence-corrected chi connectivity index (χ1v) is 5.54. The summed E-state index contributed by atoms with van der Waals surface area (Å²) >= 11 is 1.83. The van der Waals surface area contributed by atoms with Crippen molar-refractivity contribution >= 4 is 11.8 Å². The van der Waals surface area contributed by atoms with Crippen LogP contribution in [0.2, 0.25) is 0 Å². The smallest absolute Gasteiger partial charge is 0.0530 e. The normalized spacial score (nSPS) is 12.9. The number of thioether (sulfide) groups is 1. The summed E-state index contributed by atoms with van der Waals surface area (Å²) in [5.41, 5.74) is 2.49. The van der Waals surface area contributed by atoms with Gasteiger partial charge < -0.3 is 0 Å². The molecule has 0 aliphatic carbocycles. The Morgan fingerprint density at radius 1 is 1.50 bits per heavy atom. The van der Waals surface area contributed by atoms with Crippen molar-refractivity contribution in [2.24, 2.45) is 0 Å². The second kappa shape index (κ2) is 4.51. The monoisotopic (exact) mass is 181 g/mol. The highest BCUT2D eigenvalue weighted by molar-refractivity contribution is 7.98. The van der Waals surface area contributed by atoms with Gasteiger partial charge in [-0.05, 0) is 31.2 Å². The lowest BCUT2D eigenvalue weighted by atomic mass is 10.2. The molecule has 0 amide bonds. The predicted molar refractivity (Wildman–Crippen MR) is 55.5 cm³/mol. The van der Waals surface area contributed by atoms with E-state index in [1.165, 1.54) is 11.3 Å². The first-order chi connectivity index (χ1) is 5.77. The molecule has 0 saturated carbocycles. The molecule has 0 aromatic carbocycles. The Balaban J connectivity index is 2.77. The van der Waals surface area contributed by atoms with Gasteiger partial charge in [-0.1, -0.05) is 13.0 Å². The summed E-state index contributed by atoms with van der Waals surface area (Å²) in [5.74, 6) is 0. The van der Waals surface area contributed by atoms with Crippen LogP contribution in [-0.2, 0) is 6.42 Å². The van der Waals surface area contributed by atoms with Crippen LogP contribution in [0.5, 0.6) is 0 Å². The van der Waals surface area contributed by atoms with Crippen LogP contribution in [0.4, 0.5) is 0 Å². The lowest BCUT2D eigenvalue weighted by Gasteiger charge is -2.07. The molecule has 1 aromatic heterocycles. The van der Waals surface area contributed by atoms with Gasteiger partial charge in [-0.2, -0.15) is 11.8 Å². The molecule has 0 saturated heterocycles. The number of nitrogens with zero attached hydrogens (tertiary/aromatic N) is 1. The molecular weight excluding hydrogens is 166 g/mol. The van der Waals surface area contributed by atoms with E-state index in [0.29, 0.717) is 5.25 Å². The quantitative estimate of drug-likeness (QED) is 0.710. The number of hydrogen-bond donors (Lipinski definition) is 0. The van der Waals surface area contributed by atoms with Crippen LogP contribution >= 0.6 is 11.8 Å². The largest absolute Gasteiger partial charge is 0.260 e. The van der Waals surface area contributed by atoms with Crippen molar-refractivity contribution in [3.8, 4) is 0 Å². The molecule has 12 heavy (non-hydrogen) atoms. The molecule has 0 N–H and O–H groups in total. The molecule has 1 heterocycles. The maximum absolute atomic E-state index is 4.40. The predicted octanol–water partition coefficient (Wildman–Crippen LogP) is 3.07. The minimum absolute atomic E-state index is 0.510. The zero-order valence-electron chi connectivity index (χ0n) is 7.87. The lowest BCUT2D eigenvalue weighted by Crippen LogP contribution is -1.92. The Bertz CT molecular complexity index is 230. The van der Waals surface area contributed by atoms with E-state index < -0.39 is 0 Å². The molecule has 1 nitrogen and oxygen atoms in total. The zero-order chi connectivity index (χ0) is 8.97. The van der Waals surface area contributed by atoms with Gasteiger partial charge in [0.1, 0.15) is 0 Å². The molecular formula is C10H15NS. The summed E-state index contributed by atoms with van der Waals surface area (Å²) in [6, 6.07) is 4.29. The van der Waals surface area contributed by atoms with Gasteiger partial charge in [-0.15, -0.1) is 0 Å². The highest BCUT2D eigenvalue weighted by Gasteiger charge is 2.03. The van der Waals surface area contributed by atoms with Crippen LogP contribution in [0.25, 0.3) is 0 Å². The Hall–Kier alpha value is -0.500. The molecule has 1 atom stereocenters. The van der Waals surface area contributed by atoms with Crippen molar-refractivity contribution in [3.05, 3.63) is 29.6 Å². The fourth-order valence-electron chi connectivity index (χ4n) is 1.01. The summed E-state index contributed by atoms with van der Waals surface area (Å²) in [6.07, 6.45) is 5.16. The fraction of sp³-hybridized carbons (Fsp3) is 0.500. The van der Waals surface area contributed by atoms with E-state index in [-0.39, 0.29) is 0 Å². The van der Waals surface area contributed by atoms with Gasteiger partial charge in [0.05, 0.1) is 5.69 Å². The average Bonchev–Trinajstić information content (AvgIpc) is 2.17. The van der Waals surface area contributed by atoms with Crippen LogP contribution in [-0.4, -0.2) is 11.2 Å². The van der Waals surface area contributed by atoms with Crippen LogP contribution in [0.3, 0.4) is 0 Å². The van der Waals surface area contributed by atoms with Crippen molar-refractivity contribution in [1.82, 2.24) is 4.98 Å². The number of aromatic nitrogens is 1. The molecule has 1 aromatic rings.